The Balaban J connectivity index is 2.22. The number of rotatable bonds is 14. The molecule has 0 aromatic heterocycles. The number of methoxy groups -OCH3 is 1. The normalized spacial score (nSPS) is 12.9. The van der Waals surface area contributed by atoms with E-state index in [0.29, 0.717) is 17.9 Å². The van der Waals surface area contributed by atoms with Crippen molar-refractivity contribution in [3.63, 3.8) is 0 Å². The number of benzene rings is 2. The van der Waals surface area contributed by atoms with Crippen LogP contribution in [0.25, 0.3) is 0 Å². The van der Waals surface area contributed by atoms with Crippen molar-refractivity contribution in [1.82, 2.24) is 10.2 Å². The highest BCUT2D eigenvalue weighted by atomic mass is 32.2. The third-order valence-corrected chi connectivity index (χ3v) is 7.36. The van der Waals surface area contributed by atoms with Crippen LogP contribution in [0.4, 0.5) is 10.1 Å². The van der Waals surface area contributed by atoms with E-state index < -0.39 is 21.9 Å². The third-order valence-electron chi connectivity index (χ3n) is 6.17. The van der Waals surface area contributed by atoms with Gasteiger partial charge in [0.05, 0.1) is 19.1 Å². The van der Waals surface area contributed by atoms with Crippen molar-refractivity contribution in [1.29, 1.82) is 0 Å². The molecular formula is C27H38FN3O5S. The maximum atomic E-state index is 13.4. The fourth-order valence-corrected chi connectivity index (χ4v) is 4.86. The van der Waals surface area contributed by atoms with Gasteiger partial charge in [0.25, 0.3) is 0 Å². The molecule has 0 saturated heterocycles. The van der Waals surface area contributed by atoms with Gasteiger partial charge in [0, 0.05) is 25.6 Å². The standard InChI is InChI=1S/C27H38FN3O5S/c1-6-20(3)29-27(33)25(7-2)30(19-21-10-16-24(36-4)17-11-21)26(32)9-8-18-31(37(5,34)35)23-14-12-22(28)13-15-23/h10-17,20,25H,6-9,18-19H2,1-5H3,(H,29,33)/t20-,25+/m0/s1. The minimum absolute atomic E-state index is 0.0292. The summed E-state index contributed by atoms with van der Waals surface area (Å²) < 4.78 is 44.4. The molecule has 0 heterocycles. The summed E-state index contributed by atoms with van der Waals surface area (Å²) in [4.78, 5) is 28.1. The van der Waals surface area contributed by atoms with Crippen LogP contribution in [-0.2, 0) is 26.2 Å². The van der Waals surface area contributed by atoms with Crippen molar-refractivity contribution in [2.75, 3.05) is 24.2 Å². The van der Waals surface area contributed by atoms with Gasteiger partial charge in [-0.2, -0.15) is 0 Å². The number of carbonyl (C=O) groups excluding carboxylic acids is 2. The largest absolute Gasteiger partial charge is 0.497 e. The summed E-state index contributed by atoms with van der Waals surface area (Å²) in [6.07, 6.45) is 2.53. The van der Waals surface area contributed by atoms with Crippen molar-refractivity contribution < 1.29 is 27.1 Å². The Kier molecular flexibility index (Phi) is 11.4. The highest BCUT2D eigenvalue weighted by molar-refractivity contribution is 7.92. The number of sulfonamides is 1. The smallest absolute Gasteiger partial charge is 0.243 e. The van der Waals surface area contributed by atoms with E-state index in [2.05, 4.69) is 5.32 Å². The Morgan fingerprint density at radius 3 is 2.16 bits per heavy atom. The van der Waals surface area contributed by atoms with Crippen LogP contribution in [0.3, 0.4) is 0 Å². The SMILES string of the molecule is CC[C@H](C(=O)N[C@@H](C)CC)N(Cc1ccc(OC)cc1)C(=O)CCCN(c1ccc(F)cc1)S(C)(=O)=O. The molecule has 2 aromatic carbocycles. The fraction of sp³-hybridized carbons (Fsp3) is 0.481. The zero-order chi connectivity index (χ0) is 27.6. The lowest BCUT2D eigenvalue weighted by Crippen LogP contribution is -2.50. The van der Waals surface area contributed by atoms with E-state index in [1.54, 1.807) is 24.1 Å². The molecule has 2 amide bonds. The number of ether oxygens (including phenoxy) is 1. The molecule has 0 bridgehead atoms. The number of carbonyl (C=O) groups is 2. The van der Waals surface area contributed by atoms with Gasteiger partial charge in [-0.1, -0.05) is 26.0 Å². The lowest BCUT2D eigenvalue weighted by Gasteiger charge is -2.32. The Hall–Kier alpha value is -3.14. The van der Waals surface area contributed by atoms with Crippen LogP contribution in [0.15, 0.2) is 48.5 Å². The number of hydrogen-bond donors (Lipinski definition) is 1. The van der Waals surface area contributed by atoms with E-state index in [9.17, 15) is 22.4 Å². The molecule has 0 saturated carbocycles. The Morgan fingerprint density at radius 1 is 1.03 bits per heavy atom. The maximum Gasteiger partial charge on any atom is 0.243 e. The molecule has 0 aliphatic rings. The van der Waals surface area contributed by atoms with Gasteiger partial charge in [-0.05, 0) is 68.1 Å². The second-order valence-electron chi connectivity index (χ2n) is 9.03. The van der Waals surface area contributed by atoms with Gasteiger partial charge in [0.15, 0.2) is 0 Å². The molecule has 0 fully saturated rings. The Labute approximate surface area is 219 Å². The number of amides is 2. The summed E-state index contributed by atoms with van der Waals surface area (Å²) in [6, 6.07) is 11.7. The van der Waals surface area contributed by atoms with Crippen molar-refractivity contribution in [2.24, 2.45) is 0 Å². The van der Waals surface area contributed by atoms with Crippen molar-refractivity contribution in [3.8, 4) is 5.75 Å². The van der Waals surface area contributed by atoms with Gasteiger partial charge in [0.2, 0.25) is 21.8 Å². The quantitative estimate of drug-likeness (QED) is 0.393. The average Bonchev–Trinajstić information content (AvgIpc) is 2.86. The molecule has 10 heteroatoms. The van der Waals surface area contributed by atoms with Crippen molar-refractivity contribution in [3.05, 3.63) is 59.9 Å². The first-order valence-electron chi connectivity index (χ1n) is 12.5. The van der Waals surface area contributed by atoms with E-state index in [1.807, 2.05) is 32.9 Å². The summed E-state index contributed by atoms with van der Waals surface area (Å²) in [6.45, 7) is 6.01. The first-order chi connectivity index (χ1) is 17.5. The van der Waals surface area contributed by atoms with Crippen LogP contribution in [0.5, 0.6) is 5.75 Å². The Bertz CT molecular complexity index is 1120. The van der Waals surface area contributed by atoms with Gasteiger partial charge >= 0.3 is 0 Å². The molecule has 0 unspecified atom stereocenters. The van der Waals surface area contributed by atoms with Crippen LogP contribution in [0.1, 0.15) is 52.0 Å². The number of halogens is 1. The summed E-state index contributed by atoms with van der Waals surface area (Å²) in [5.41, 5.74) is 1.17. The first-order valence-corrected chi connectivity index (χ1v) is 14.3. The number of nitrogens with zero attached hydrogens (tertiary/aromatic N) is 2. The summed E-state index contributed by atoms with van der Waals surface area (Å²) >= 11 is 0. The molecule has 2 rings (SSSR count). The molecule has 0 spiro atoms. The van der Waals surface area contributed by atoms with Crippen LogP contribution in [-0.4, -0.2) is 57.1 Å². The predicted octanol–water partition coefficient (Wildman–Crippen LogP) is 4.10. The number of hydrogen-bond acceptors (Lipinski definition) is 5. The van der Waals surface area contributed by atoms with Crippen molar-refractivity contribution >= 4 is 27.5 Å². The van der Waals surface area contributed by atoms with Crippen LogP contribution in [0.2, 0.25) is 0 Å². The van der Waals surface area contributed by atoms with Gasteiger partial charge in [-0.15, -0.1) is 0 Å². The Morgan fingerprint density at radius 2 is 1.65 bits per heavy atom. The maximum absolute atomic E-state index is 13.4. The van der Waals surface area contributed by atoms with E-state index >= 15 is 0 Å². The predicted molar refractivity (Wildman–Crippen MR) is 143 cm³/mol. The summed E-state index contributed by atoms with van der Waals surface area (Å²) in [5.74, 6) is -0.259. The second-order valence-corrected chi connectivity index (χ2v) is 10.9. The molecule has 0 aliphatic carbocycles. The second kappa shape index (κ2) is 14.0. The van der Waals surface area contributed by atoms with E-state index in [0.717, 1.165) is 22.5 Å². The van der Waals surface area contributed by atoms with E-state index in [-0.39, 0.29) is 43.8 Å². The monoisotopic (exact) mass is 535 g/mol. The first kappa shape index (κ1) is 30.1. The molecular weight excluding hydrogens is 497 g/mol. The van der Waals surface area contributed by atoms with E-state index in [1.165, 1.54) is 24.3 Å². The number of nitrogens with one attached hydrogen (secondary N) is 1. The molecule has 0 radical (unpaired) electrons. The molecule has 2 aromatic rings. The van der Waals surface area contributed by atoms with Gasteiger partial charge in [0.1, 0.15) is 17.6 Å². The highest BCUT2D eigenvalue weighted by Crippen LogP contribution is 2.21. The molecule has 2 atom stereocenters. The highest BCUT2D eigenvalue weighted by Gasteiger charge is 2.29. The minimum atomic E-state index is -3.65. The number of anilines is 1. The zero-order valence-corrected chi connectivity index (χ0v) is 23.1. The van der Waals surface area contributed by atoms with E-state index in [4.69, 9.17) is 4.74 Å². The van der Waals surface area contributed by atoms with Crippen LogP contribution in [0, 0.1) is 5.82 Å². The molecule has 0 aliphatic heterocycles. The van der Waals surface area contributed by atoms with Crippen molar-refractivity contribution in [2.45, 2.75) is 65.1 Å². The average molecular weight is 536 g/mol. The summed E-state index contributed by atoms with van der Waals surface area (Å²) in [7, 11) is -2.07. The fourth-order valence-electron chi connectivity index (χ4n) is 3.90. The van der Waals surface area contributed by atoms with Gasteiger partial charge < -0.3 is 15.0 Å². The third kappa shape index (κ3) is 9.03. The van der Waals surface area contributed by atoms with Crippen LogP contribution < -0.4 is 14.4 Å². The molecule has 37 heavy (non-hydrogen) atoms. The van der Waals surface area contributed by atoms with Gasteiger partial charge in [-0.25, -0.2) is 12.8 Å². The van der Waals surface area contributed by atoms with Crippen LogP contribution >= 0.6 is 0 Å². The lowest BCUT2D eigenvalue weighted by molar-refractivity contribution is -0.141. The molecule has 8 nitrogen and oxygen atoms in total. The summed E-state index contributed by atoms with van der Waals surface area (Å²) in [5, 5.41) is 2.97. The van der Waals surface area contributed by atoms with Gasteiger partial charge in [-0.3, -0.25) is 13.9 Å². The molecule has 1 N–H and O–H groups in total. The topological polar surface area (TPSA) is 96.0 Å². The molecule has 204 valence electrons. The minimum Gasteiger partial charge on any atom is -0.497 e. The lowest BCUT2D eigenvalue weighted by atomic mass is 10.1. The zero-order valence-electron chi connectivity index (χ0n) is 22.2.